The van der Waals surface area contributed by atoms with Gasteiger partial charge in [-0.15, -0.1) is 0 Å². The molecule has 0 saturated carbocycles. The van der Waals surface area contributed by atoms with Gasteiger partial charge in [0.15, 0.2) is 0 Å². The second kappa shape index (κ2) is 5.36. The molecule has 0 spiro atoms. The zero-order chi connectivity index (χ0) is 14.8. The van der Waals surface area contributed by atoms with E-state index in [0.717, 1.165) is 13.0 Å². The number of alkyl halides is 3. The van der Waals surface area contributed by atoms with E-state index in [4.69, 9.17) is 14.2 Å². The molecule has 3 nitrogen and oxygen atoms in total. The Bertz CT molecular complexity index is 511. The minimum Gasteiger partial charge on any atom is -0.491 e. The van der Waals surface area contributed by atoms with Gasteiger partial charge in [-0.1, -0.05) is 6.08 Å². The average Bonchev–Trinajstić information content (AvgIpc) is 2.37. The summed E-state index contributed by atoms with van der Waals surface area (Å²) in [5, 5.41) is 0. The van der Waals surface area contributed by atoms with Crippen molar-refractivity contribution in [1.82, 2.24) is 0 Å². The number of hydrogen-bond acceptors (Lipinski definition) is 3. The van der Waals surface area contributed by atoms with Crippen molar-refractivity contribution >= 4 is 6.08 Å². The van der Waals surface area contributed by atoms with Crippen molar-refractivity contribution in [1.29, 1.82) is 0 Å². The fraction of sp³-hybridized carbons (Fsp3) is 0.429. The van der Waals surface area contributed by atoms with E-state index in [2.05, 4.69) is 0 Å². The Morgan fingerprint density at radius 2 is 2.00 bits per heavy atom. The third-order valence-corrected chi connectivity index (χ3v) is 3.01. The van der Waals surface area contributed by atoms with Crippen molar-refractivity contribution in [3.63, 3.8) is 0 Å². The lowest BCUT2D eigenvalue weighted by atomic mass is 10.00. The van der Waals surface area contributed by atoms with Crippen molar-refractivity contribution in [2.24, 2.45) is 0 Å². The average molecular weight is 288 g/mol. The number of rotatable bonds is 4. The quantitative estimate of drug-likeness (QED) is 0.794. The number of benzene rings is 1. The second-order valence-electron chi connectivity index (χ2n) is 4.58. The predicted molar refractivity (Wildman–Crippen MR) is 67.9 cm³/mol. The van der Waals surface area contributed by atoms with Crippen molar-refractivity contribution in [2.75, 3.05) is 20.3 Å². The molecule has 1 heterocycles. The van der Waals surface area contributed by atoms with Gasteiger partial charge in [0.2, 0.25) is 5.60 Å². The molecule has 1 atom stereocenters. The maximum Gasteiger partial charge on any atom is 0.431 e. The van der Waals surface area contributed by atoms with Crippen molar-refractivity contribution in [3.05, 3.63) is 29.8 Å². The summed E-state index contributed by atoms with van der Waals surface area (Å²) >= 11 is 0. The van der Waals surface area contributed by atoms with Crippen LogP contribution in [0.25, 0.3) is 6.08 Å². The molecule has 20 heavy (non-hydrogen) atoms. The van der Waals surface area contributed by atoms with Crippen LogP contribution in [-0.2, 0) is 4.74 Å². The van der Waals surface area contributed by atoms with Gasteiger partial charge in [0.25, 0.3) is 0 Å². The fourth-order valence-corrected chi connectivity index (χ4v) is 1.74. The highest BCUT2D eigenvalue weighted by atomic mass is 19.4. The van der Waals surface area contributed by atoms with Crippen LogP contribution in [0, 0.1) is 0 Å². The van der Waals surface area contributed by atoms with Crippen LogP contribution in [0.2, 0.25) is 0 Å². The lowest BCUT2D eigenvalue weighted by Gasteiger charge is -2.33. The molecule has 0 bridgehead atoms. The Kier molecular flexibility index (Phi) is 3.94. The maximum atomic E-state index is 12.9. The number of halogens is 3. The zero-order valence-electron chi connectivity index (χ0n) is 11.2. The molecule has 1 aliphatic heterocycles. The van der Waals surface area contributed by atoms with Gasteiger partial charge < -0.3 is 14.2 Å². The zero-order valence-corrected chi connectivity index (χ0v) is 11.2. The van der Waals surface area contributed by atoms with Gasteiger partial charge in [0.05, 0.1) is 6.61 Å². The van der Waals surface area contributed by atoms with Crippen molar-refractivity contribution in [3.8, 4) is 11.5 Å². The van der Waals surface area contributed by atoms with E-state index in [1.54, 1.807) is 19.2 Å². The first kappa shape index (κ1) is 14.7. The molecule has 110 valence electrons. The van der Waals surface area contributed by atoms with E-state index in [9.17, 15) is 13.2 Å². The molecule has 1 aromatic carbocycles. The molecule has 0 saturated heterocycles. The normalized spacial score (nSPS) is 21.2. The largest absolute Gasteiger partial charge is 0.491 e. The van der Waals surface area contributed by atoms with E-state index in [1.807, 2.05) is 0 Å². The second-order valence-corrected chi connectivity index (χ2v) is 4.58. The molecule has 1 unspecified atom stereocenters. The summed E-state index contributed by atoms with van der Waals surface area (Å²) in [7, 11) is 1.54. The van der Waals surface area contributed by atoms with E-state index < -0.39 is 11.8 Å². The molecule has 2 rings (SSSR count). The Hall–Kier alpha value is -1.69. The van der Waals surface area contributed by atoms with Gasteiger partial charge in [0, 0.05) is 18.7 Å². The van der Waals surface area contributed by atoms with Gasteiger partial charge in [-0.05, 0) is 25.1 Å². The first-order valence-electron chi connectivity index (χ1n) is 6.06. The Balaban J connectivity index is 2.19. The summed E-state index contributed by atoms with van der Waals surface area (Å²) in [4.78, 5) is 0. The van der Waals surface area contributed by atoms with Gasteiger partial charge >= 0.3 is 6.18 Å². The maximum absolute atomic E-state index is 12.9. The number of methoxy groups -OCH3 is 1. The molecule has 1 aliphatic rings. The highest BCUT2D eigenvalue weighted by Crippen LogP contribution is 2.41. The highest BCUT2D eigenvalue weighted by molar-refractivity contribution is 5.62. The Labute approximate surface area is 114 Å². The summed E-state index contributed by atoms with van der Waals surface area (Å²) < 4.78 is 54.1. The van der Waals surface area contributed by atoms with Gasteiger partial charge in [-0.25, -0.2) is 0 Å². The minimum atomic E-state index is -4.48. The monoisotopic (exact) mass is 288 g/mol. The van der Waals surface area contributed by atoms with Crippen LogP contribution in [0.15, 0.2) is 24.3 Å². The lowest BCUT2D eigenvalue weighted by molar-refractivity contribution is -0.222. The molecule has 0 radical (unpaired) electrons. The summed E-state index contributed by atoms with van der Waals surface area (Å²) in [5.74, 6) is 0.600. The summed E-state index contributed by atoms with van der Waals surface area (Å²) in [5.41, 5.74) is -1.73. The highest BCUT2D eigenvalue weighted by Gasteiger charge is 2.53. The third kappa shape index (κ3) is 2.90. The van der Waals surface area contributed by atoms with Crippen molar-refractivity contribution < 1.29 is 27.4 Å². The Morgan fingerprint density at radius 1 is 1.25 bits per heavy atom. The number of ether oxygens (including phenoxy) is 3. The third-order valence-electron chi connectivity index (χ3n) is 3.01. The van der Waals surface area contributed by atoms with Crippen molar-refractivity contribution in [2.45, 2.75) is 18.7 Å². The number of hydrogen-bond donors (Lipinski definition) is 0. The lowest BCUT2D eigenvalue weighted by Crippen LogP contribution is -2.46. The summed E-state index contributed by atoms with van der Waals surface area (Å²) in [6.45, 7) is 1.71. The first-order chi connectivity index (χ1) is 9.36. The van der Waals surface area contributed by atoms with Crippen LogP contribution in [0.3, 0.4) is 0 Å². The van der Waals surface area contributed by atoms with Gasteiger partial charge in [-0.2, -0.15) is 13.2 Å². The smallest absolute Gasteiger partial charge is 0.431 e. The SMILES string of the molecule is COCCOc1ccc2c(c1)OC(C)(C(F)(F)F)C=C2. The van der Waals surface area contributed by atoms with E-state index in [1.165, 1.54) is 12.1 Å². The molecule has 0 fully saturated rings. The number of fused-ring (bicyclic) bond motifs is 1. The Morgan fingerprint density at radius 3 is 2.65 bits per heavy atom. The first-order valence-corrected chi connectivity index (χ1v) is 6.06. The van der Waals surface area contributed by atoms with Gasteiger partial charge in [-0.3, -0.25) is 0 Å². The molecular formula is C14H15F3O3. The molecule has 0 aliphatic carbocycles. The minimum absolute atomic E-state index is 0.155. The summed E-state index contributed by atoms with van der Waals surface area (Å²) in [6.07, 6.45) is -2.06. The standard InChI is InChI=1S/C14H15F3O3/c1-13(14(15,16)17)6-5-10-3-4-11(9-12(10)20-13)19-8-7-18-2/h3-6,9H,7-8H2,1-2H3. The van der Waals surface area contributed by atoms with E-state index in [0.29, 0.717) is 24.5 Å². The summed E-state index contributed by atoms with van der Waals surface area (Å²) in [6, 6.07) is 4.79. The molecule has 6 heteroatoms. The molecular weight excluding hydrogens is 273 g/mol. The molecule has 0 aromatic heterocycles. The van der Waals surface area contributed by atoms with Crippen LogP contribution in [0.1, 0.15) is 12.5 Å². The van der Waals surface area contributed by atoms with Crippen LogP contribution in [-0.4, -0.2) is 32.1 Å². The molecule has 0 N–H and O–H groups in total. The molecule has 0 amide bonds. The van der Waals surface area contributed by atoms with Crippen LogP contribution >= 0.6 is 0 Å². The predicted octanol–water partition coefficient (Wildman–Crippen LogP) is 3.44. The van der Waals surface area contributed by atoms with E-state index >= 15 is 0 Å². The molecule has 1 aromatic rings. The van der Waals surface area contributed by atoms with E-state index in [-0.39, 0.29) is 5.75 Å². The fourth-order valence-electron chi connectivity index (χ4n) is 1.74. The topological polar surface area (TPSA) is 27.7 Å². The van der Waals surface area contributed by atoms with Crippen LogP contribution in [0.5, 0.6) is 11.5 Å². The van der Waals surface area contributed by atoms with Crippen LogP contribution < -0.4 is 9.47 Å². The van der Waals surface area contributed by atoms with Gasteiger partial charge in [0.1, 0.15) is 18.1 Å². The van der Waals surface area contributed by atoms with Crippen LogP contribution in [0.4, 0.5) is 13.2 Å².